The van der Waals surface area contributed by atoms with E-state index < -0.39 is 18.2 Å². The minimum absolute atomic E-state index is 0.0905. The minimum Gasteiger partial charge on any atom is -0.328 e. The zero-order valence-corrected chi connectivity index (χ0v) is 18.4. The van der Waals surface area contributed by atoms with Crippen molar-refractivity contribution in [3.8, 4) is 11.1 Å². The lowest BCUT2D eigenvalue weighted by molar-refractivity contribution is 0.0764. The van der Waals surface area contributed by atoms with Gasteiger partial charge >= 0.3 is 0 Å². The summed E-state index contributed by atoms with van der Waals surface area (Å²) in [6, 6.07) is 12.6. The van der Waals surface area contributed by atoms with E-state index in [2.05, 4.69) is 10.1 Å². The highest BCUT2D eigenvalue weighted by molar-refractivity contribution is 5.98. The molecule has 0 N–H and O–H groups in total. The van der Waals surface area contributed by atoms with Crippen LogP contribution in [0.1, 0.15) is 61.5 Å². The standard InChI is InChI=1S/C27H25FN4O/c1-31-14-23-19(8-4-10-25(23)30-31)18-12-21(17-6-2-3-7-17)22(24(28)13-18)15-32-16-26-20(27(32)33)9-5-11-29-26/h4-5,8-14,17H,2-3,6-7,15-16H2,1H3/i16D2. The number of fused-ring (bicyclic) bond motifs is 2. The van der Waals surface area contributed by atoms with Crippen molar-refractivity contribution in [2.24, 2.45) is 7.05 Å². The second kappa shape index (κ2) is 7.80. The molecule has 1 aliphatic heterocycles. The first kappa shape index (κ1) is 18.0. The van der Waals surface area contributed by atoms with Crippen LogP contribution in [0, 0.1) is 5.82 Å². The van der Waals surface area contributed by atoms with Crippen LogP contribution in [-0.2, 0) is 20.1 Å². The number of benzene rings is 2. The first-order valence-electron chi connectivity index (χ1n) is 12.4. The van der Waals surface area contributed by atoms with Crippen LogP contribution in [0.25, 0.3) is 22.0 Å². The van der Waals surface area contributed by atoms with Crippen LogP contribution in [0.15, 0.2) is 54.9 Å². The molecule has 2 aromatic heterocycles. The average molecular weight is 443 g/mol. The van der Waals surface area contributed by atoms with Crippen LogP contribution in [-0.4, -0.2) is 25.6 Å². The number of hydrogen-bond acceptors (Lipinski definition) is 3. The topological polar surface area (TPSA) is 51.0 Å². The van der Waals surface area contributed by atoms with Crippen molar-refractivity contribution < 1.29 is 11.9 Å². The highest BCUT2D eigenvalue weighted by Gasteiger charge is 2.31. The Morgan fingerprint density at radius 1 is 1.15 bits per heavy atom. The summed E-state index contributed by atoms with van der Waals surface area (Å²) < 4.78 is 34.9. The molecule has 166 valence electrons. The van der Waals surface area contributed by atoms with Crippen LogP contribution >= 0.6 is 0 Å². The SMILES string of the molecule is [2H]C1([2H])c2ncccc2C(=O)N1Cc1c(F)cc(-c2cccc3nn(C)cc23)cc1C1CCCC1. The summed E-state index contributed by atoms with van der Waals surface area (Å²) in [7, 11) is 1.87. The van der Waals surface area contributed by atoms with Crippen molar-refractivity contribution in [2.45, 2.75) is 44.6 Å². The van der Waals surface area contributed by atoms with Gasteiger partial charge in [-0.2, -0.15) is 5.10 Å². The first-order valence-corrected chi connectivity index (χ1v) is 11.4. The van der Waals surface area contributed by atoms with Gasteiger partial charge in [-0.3, -0.25) is 14.5 Å². The smallest absolute Gasteiger partial charge is 0.256 e. The highest BCUT2D eigenvalue weighted by atomic mass is 19.1. The van der Waals surface area contributed by atoms with E-state index in [-0.39, 0.29) is 23.7 Å². The molecule has 1 saturated carbocycles. The Morgan fingerprint density at radius 3 is 2.79 bits per heavy atom. The van der Waals surface area contributed by atoms with Gasteiger partial charge in [-0.1, -0.05) is 31.0 Å². The monoisotopic (exact) mass is 442 g/mol. The minimum atomic E-state index is -2.10. The van der Waals surface area contributed by atoms with Crippen molar-refractivity contribution in [1.29, 1.82) is 0 Å². The molecule has 1 amide bonds. The molecule has 1 fully saturated rings. The van der Waals surface area contributed by atoms with Crippen LogP contribution in [0.5, 0.6) is 0 Å². The molecule has 0 bridgehead atoms. The third-order valence-electron chi connectivity index (χ3n) is 6.84. The van der Waals surface area contributed by atoms with Gasteiger partial charge in [0.15, 0.2) is 0 Å². The number of hydrogen-bond donors (Lipinski definition) is 0. The molecule has 6 heteroatoms. The van der Waals surface area contributed by atoms with E-state index >= 15 is 4.39 Å². The fourth-order valence-electron chi connectivity index (χ4n) is 5.25. The summed E-state index contributed by atoms with van der Waals surface area (Å²) in [4.78, 5) is 18.3. The predicted molar refractivity (Wildman–Crippen MR) is 125 cm³/mol. The molecule has 1 aliphatic carbocycles. The van der Waals surface area contributed by atoms with E-state index in [9.17, 15) is 4.79 Å². The average Bonchev–Trinajstić information content (AvgIpc) is 3.54. The van der Waals surface area contributed by atoms with Gasteiger partial charge in [0.25, 0.3) is 5.91 Å². The number of rotatable bonds is 4. The Balaban J connectivity index is 1.47. The van der Waals surface area contributed by atoms with Gasteiger partial charge < -0.3 is 4.90 Å². The lowest BCUT2D eigenvalue weighted by Gasteiger charge is -2.22. The molecule has 0 spiro atoms. The van der Waals surface area contributed by atoms with E-state index in [0.717, 1.165) is 58.2 Å². The Hall–Kier alpha value is -3.54. The molecular weight excluding hydrogens is 415 g/mol. The molecule has 33 heavy (non-hydrogen) atoms. The number of halogens is 1. The number of carbonyl (C=O) groups excluding carboxylic acids is 1. The third-order valence-corrected chi connectivity index (χ3v) is 6.84. The molecule has 6 rings (SSSR count). The van der Waals surface area contributed by atoms with Crippen LogP contribution in [0.2, 0.25) is 0 Å². The van der Waals surface area contributed by atoms with Crippen LogP contribution in [0.3, 0.4) is 0 Å². The van der Waals surface area contributed by atoms with Gasteiger partial charge in [0.2, 0.25) is 0 Å². The molecule has 4 aromatic rings. The molecule has 3 heterocycles. The number of carbonyl (C=O) groups is 1. The van der Waals surface area contributed by atoms with Gasteiger partial charge in [-0.05, 0) is 59.7 Å². The number of aromatic nitrogens is 3. The molecule has 0 radical (unpaired) electrons. The highest BCUT2D eigenvalue weighted by Crippen LogP contribution is 2.40. The van der Waals surface area contributed by atoms with Gasteiger partial charge in [0, 0.05) is 36.9 Å². The number of nitrogens with zero attached hydrogens (tertiary/aromatic N) is 4. The lowest BCUT2D eigenvalue weighted by atomic mass is 9.88. The van der Waals surface area contributed by atoms with Crippen molar-refractivity contribution in [2.75, 3.05) is 0 Å². The molecule has 2 aromatic carbocycles. The zero-order chi connectivity index (χ0) is 24.3. The van der Waals surface area contributed by atoms with Crippen molar-refractivity contribution in [1.82, 2.24) is 19.7 Å². The molecule has 2 aliphatic rings. The van der Waals surface area contributed by atoms with Gasteiger partial charge in [0.05, 0.1) is 26.0 Å². The maximum Gasteiger partial charge on any atom is 0.256 e. The van der Waals surface area contributed by atoms with Crippen molar-refractivity contribution in [3.63, 3.8) is 0 Å². The number of amides is 1. The maximum absolute atomic E-state index is 15.9. The fraction of sp³-hybridized carbons (Fsp3) is 0.296. The van der Waals surface area contributed by atoms with Crippen molar-refractivity contribution >= 4 is 16.8 Å². The molecule has 5 nitrogen and oxygen atoms in total. The fourth-order valence-corrected chi connectivity index (χ4v) is 5.25. The summed E-state index contributed by atoms with van der Waals surface area (Å²) in [5.41, 5.74) is 4.11. The second-order valence-corrected chi connectivity index (χ2v) is 8.95. The van der Waals surface area contributed by atoms with E-state index in [1.54, 1.807) is 16.8 Å². The van der Waals surface area contributed by atoms with E-state index in [1.165, 1.54) is 12.3 Å². The normalized spacial score (nSPS) is 18.6. The first-order chi connectivity index (χ1) is 16.8. The maximum atomic E-state index is 15.9. The van der Waals surface area contributed by atoms with Crippen LogP contribution in [0.4, 0.5) is 4.39 Å². The van der Waals surface area contributed by atoms with Gasteiger partial charge in [0.1, 0.15) is 5.82 Å². The van der Waals surface area contributed by atoms with E-state index in [4.69, 9.17) is 2.74 Å². The molecule has 0 atom stereocenters. The van der Waals surface area contributed by atoms with Gasteiger partial charge in [-0.25, -0.2) is 4.39 Å². The van der Waals surface area contributed by atoms with Crippen LogP contribution < -0.4 is 0 Å². The summed E-state index contributed by atoms with van der Waals surface area (Å²) in [5, 5.41) is 5.43. The Labute approximate surface area is 194 Å². The Morgan fingerprint density at radius 2 is 1.97 bits per heavy atom. The summed E-state index contributed by atoms with van der Waals surface area (Å²) in [5.74, 6) is -0.700. The number of pyridine rings is 1. The summed E-state index contributed by atoms with van der Waals surface area (Å²) >= 11 is 0. The largest absolute Gasteiger partial charge is 0.328 e. The second-order valence-electron chi connectivity index (χ2n) is 8.95. The van der Waals surface area contributed by atoms with Gasteiger partial charge in [-0.15, -0.1) is 0 Å². The molecular formula is C27H25FN4O. The Bertz CT molecular complexity index is 1480. The zero-order valence-electron chi connectivity index (χ0n) is 20.4. The van der Waals surface area contributed by atoms with E-state index in [0.29, 0.717) is 5.56 Å². The lowest BCUT2D eigenvalue weighted by Crippen LogP contribution is -2.25. The molecule has 0 unspecified atom stereocenters. The Kier molecular flexibility index (Phi) is 4.24. The quantitative estimate of drug-likeness (QED) is 0.414. The molecule has 0 saturated heterocycles. The predicted octanol–water partition coefficient (Wildman–Crippen LogP) is 5.59. The summed E-state index contributed by atoms with van der Waals surface area (Å²) in [6.45, 7) is -2.25. The van der Waals surface area contributed by atoms with Crippen molar-refractivity contribution in [3.05, 3.63) is 83.1 Å². The summed E-state index contributed by atoms with van der Waals surface area (Å²) in [6.07, 6.45) is 7.48. The third kappa shape index (κ3) is 3.41. The number of aryl methyl sites for hydroxylation is 1. The van der Waals surface area contributed by atoms with E-state index in [1.807, 2.05) is 37.5 Å².